The standard InChI is InChI=1S/C48H112N30/c49-41(50)65-15-3-25-75(26-4-16-66-42(51)52)37-11-33-73(34-12-38-76(27-5-17-67-43(53)54)28-6-18-68-44(55)56)23-1-2-24-74(35-13-39-77(29-7-19-69-45(57)58)30-8-20-70-46(59)60)36-14-40-78(31-9-21-71-47(61)62)32-10-22-72-48(63)64/h1-40H2,(H4,49,50,65)(H4,51,52,66)(H4,53,54,67)(H4,55,56,68)(H4,57,58,69)(H4,59,60,70)(H4,61,62,71)(H4,63,64,72). The van der Waals surface area contributed by atoms with Gasteiger partial charge in [-0.1, -0.05) is 0 Å². The van der Waals surface area contributed by atoms with Crippen molar-refractivity contribution in [1.29, 1.82) is 0 Å². The van der Waals surface area contributed by atoms with Gasteiger partial charge < -0.3 is 121 Å². The third-order valence-electron chi connectivity index (χ3n) is 12.4. The average Bonchev–Trinajstić information content (AvgIpc) is 3.36. The topological polar surface area (TPSA) is 535 Å². The Balaban J connectivity index is 6.36. The molecule has 0 aromatic rings. The molecule has 0 saturated heterocycles. The predicted molar refractivity (Wildman–Crippen MR) is 329 cm³/mol. The molecule has 0 spiro atoms. The van der Waals surface area contributed by atoms with E-state index in [4.69, 9.17) is 91.7 Å². The molecule has 0 heterocycles. The minimum atomic E-state index is 0.103. The number of nitrogens with two attached hydrogens (primary N) is 16. The summed E-state index contributed by atoms with van der Waals surface area (Å²) in [4.78, 5) is 48.7. The van der Waals surface area contributed by atoms with Crippen molar-refractivity contribution in [1.82, 2.24) is 29.4 Å². The smallest absolute Gasteiger partial charge is 0.185 e. The van der Waals surface area contributed by atoms with Gasteiger partial charge in [0.05, 0.1) is 0 Å². The fourth-order valence-corrected chi connectivity index (χ4v) is 8.77. The van der Waals surface area contributed by atoms with Crippen LogP contribution in [-0.2, 0) is 0 Å². The zero-order chi connectivity index (χ0) is 58.0. The zero-order valence-corrected chi connectivity index (χ0v) is 47.8. The highest BCUT2D eigenvalue weighted by Crippen LogP contribution is 2.09. The first kappa shape index (κ1) is 71.9. The van der Waals surface area contributed by atoms with Gasteiger partial charge in [-0.25, -0.2) is 0 Å². The van der Waals surface area contributed by atoms with Gasteiger partial charge in [-0.2, -0.15) is 0 Å². The van der Waals surface area contributed by atoms with Crippen molar-refractivity contribution in [2.45, 2.75) is 89.9 Å². The molecule has 0 aromatic heterocycles. The maximum atomic E-state index is 5.62. The highest BCUT2D eigenvalue weighted by Gasteiger charge is 2.14. The summed E-state index contributed by atoms with van der Waals surface area (Å²) in [5.74, 6) is 0.827. The van der Waals surface area contributed by atoms with E-state index in [1.54, 1.807) is 0 Å². The fourth-order valence-electron chi connectivity index (χ4n) is 8.77. The molecule has 0 fully saturated rings. The Bertz CT molecular complexity index is 1350. The summed E-state index contributed by atoms with van der Waals surface area (Å²) in [6, 6.07) is 0. The van der Waals surface area contributed by atoms with Crippen LogP contribution in [0.4, 0.5) is 0 Å². The molecule has 0 saturated carbocycles. The molecule has 0 rings (SSSR count). The number of rotatable bonds is 53. The van der Waals surface area contributed by atoms with Crippen molar-refractivity contribution >= 4 is 47.7 Å². The summed E-state index contributed by atoms with van der Waals surface area (Å²) in [5.41, 5.74) is 89.9. The van der Waals surface area contributed by atoms with Crippen LogP contribution < -0.4 is 91.7 Å². The van der Waals surface area contributed by atoms with Gasteiger partial charge in [0, 0.05) is 52.4 Å². The molecule has 0 atom stereocenters. The van der Waals surface area contributed by atoms with Crippen LogP contribution in [0.2, 0.25) is 0 Å². The minimum Gasteiger partial charge on any atom is -0.370 e. The molecule has 454 valence electrons. The molecule has 0 bridgehead atoms. The zero-order valence-electron chi connectivity index (χ0n) is 47.8. The summed E-state index contributed by atoms with van der Waals surface area (Å²) in [6.07, 6.45) is 12.9. The second-order valence-corrected chi connectivity index (χ2v) is 19.5. The first-order valence-corrected chi connectivity index (χ1v) is 28.1. The van der Waals surface area contributed by atoms with E-state index < -0.39 is 0 Å². The molecular weight excluding hydrogens is 997 g/mol. The molecule has 0 aliphatic carbocycles. The summed E-state index contributed by atoms with van der Waals surface area (Å²) < 4.78 is 0. The maximum absolute atomic E-state index is 5.62. The second-order valence-electron chi connectivity index (χ2n) is 19.5. The number of unbranched alkanes of at least 4 members (excludes halogenated alkanes) is 1. The number of guanidine groups is 8. The number of hydrogen-bond donors (Lipinski definition) is 16. The lowest BCUT2D eigenvalue weighted by Gasteiger charge is -2.29. The van der Waals surface area contributed by atoms with Crippen LogP contribution in [0.1, 0.15) is 89.9 Å². The monoisotopic (exact) mass is 1110 g/mol. The van der Waals surface area contributed by atoms with Gasteiger partial charge in [0.15, 0.2) is 47.7 Å². The number of nitrogens with zero attached hydrogens (tertiary/aromatic N) is 14. The summed E-state index contributed by atoms with van der Waals surface area (Å²) in [6.45, 7) is 21.0. The van der Waals surface area contributed by atoms with E-state index in [2.05, 4.69) is 69.3 Å². The van der Waals surface area contributed by atoms with Crippen LogP contribution in [-0.4, -0.2) is 247 Å². The van der Waals surface area contributed by atoms with Crippen molar-refractivity contribution in [3.8, 4) is 0 Å². The SMILES string of the molecule is NC(N)=NCCCN(CCCN=C(N)N)CCCN(CCCCN(CCCN(CCCN=C(N)N)CCCN=C(N)N)CCCN(CCCN=C(N)N)CCCN=C(N)N)CCCN(CCCN=C(N)N)CCCN=C(N)N. The molecule has 30 heteroatoms. The number of hydrogen-bond acceptors (Lipinski definition) is 14. The Kier molecular flexibility index (Phi) is 45.4. The highest BCUT2D eigenvalue weighted by molar-refractivity contribution is 5.77. The van der Waals surface area contributed by atoms with Crippen molar-refractivity contribution in [2.24, 2.45) is 132 Å². The Morgan fingerprint density at radius 3 is 0.372 bits per heavy atom. The molecule has 32 N–H and O–H groups in total. The van der Waals surface area contributed by atoms with Gasteiger partial charge in [0.1, 0.15) is 0 Å². The molecule has 0 amide bonds. The van der Waals surface area contributed by atoms with E-state index in [0.717, 1.165) is 208 Å². The van der Waals surface area contributed by atoms with Crippen LogP contribution in [0.3, 0.4) is 0 Å². The average molecular weight is 1110 g/mol. The minimum absolute atomic E-state index is 0.103. The van der Waals surface area contributed by atoms with E-state index >= 15 is 0 Å². The lowest BCUT2D eigenvalue weighted by Crippen LogP contribution is -2.36. The molecule has 0 aliphatic heterocycles. The van der Waals surface area contributed by atoms with Crippen LogP contribution in [0.25, 0.3) is 0 Å². The van der Waals surface area contributed by atoms with E-state index in [-0.39, 0.29) is 47.7 Å². The van der Waals surface area contributed by atoms with E-state index in [1.807, 2.05) is 0 Å². The van der Waals surface area contributed by atoms with Crippen molar-refractivity contribution < 1.29 is 0 Å². The van der Waals surface area contributed by atoms with Crippen molar-refractivity contribution in [3.05, 3.63) is 0 Å². The van der Waals surface area contributed by atoms with Gasteiger partial charge >= 0.3 is 0 Å². The second kappa shape index (κ2) is 49.2. The van der Waals surface area contributed by atoms with Crippen LogP contribution >= 0.6 is 0 Å². The van der Waals surface area contributed by atoms with E-state index in [9.17, 15) is 0 Å². The Labute approximate surface area is 467 Å². The van der Waals surface area contributed by atoms with Crippen LogP contribution in [0.5, 0.6) is 0 Å². The van der Waals surface area contributed by atoms with Gasteiger partial charge in [0.2, 0.25) is 0 Å². The van der Waals surface area contributed by atoms with Gasteiger partial charge in [-0.3, -0.25) is 39.9 Å². The predicted octanol–water partition coefficient (Wildman–Crippen LogP) is -5.55. The molecule has 30 nitrogen and oxygen atoms in total. The summed E-state index contributed by atoms with van der Waals surface area (Å²) >= 11 is 0. The molecule has 0 aromatic carbocycles. The normalized spacial score (nSPS) is 11.3. The van der Waals surface area contributed by atoms with Gasteiger partial charge in [-0.15, -0.1) is 0 Å². The maximum Gasteiger partial charge on any atom is 0.185 e. The Morgan fingerprint density at radius 2 is 0.256 bits per heavy atom. The lowest BCUT2D eigenvalue weighted by molar-refractivity contribution is 0.191. The third-order valence-corrected chi connectivity index (χ3v) is 12.4. The van der Waals surface area contributed by atoms with Crippen molar-refractivity contribution in [3.63, 3.8) is 0 Å². The highest BCUT2D eigenvalue weighted by atomic mass is 15.2. The van der Waals surface area contributed by atoms with E-state index in [1.165, 1.54) is 0 Å². The Hall–Kier alpha value is -6.08. The third kappa shape index (κ3) is 50.7. The first-order chi connectivity index (χ1) is 37.4. The van der Waals surface area contributed by atoms with Crippen LogP contribution in [0.15, 0.2) is 39.9 Å². The molecule has 0 unspecified atom stereocenters. The first-order valence-electron chi connectivity index (χ1n) is 28.1. The van der Waals surface area contributed by atoms with Gasteiger partial charge in [0.25, 0.3) is 0 Å². The quantitative estimate of drug-likeness (QED) is 0.0153. The lowest BCUT2D eigenvalue weighted by atomic mass is 10.2. The molecular formula is C48H112N30. The van der Waals surface area contributed by atoms with Gasteiger partial charge in [-0.05, 0) is 208 Å². The summed E-state index contributed by atoms with van der Waals surface area (Å²) in [5, 5.41) is 0. The largest absolute Gasteiger partial charge is 0.370 e. The molecule has 78 heavy (non-hydrogen) atoms. The Morgan fingerprint density at radius 1 is 0.154 bits per heavy atom. The summed E-state index contributed by atoms with van der Waals surface area (Å²) in [7, 11) is 0. The van der Waals surface area contributed by atoms with Crippen molar-refractivity contribution in [2.75, 3.05) is 170 Å². The van der Waals surface area contributed by atoms with Crippen LogP contribution in [0, 0.1) is 0 Å². The fraction of sp³-hybridized carbons (Fsp3) is 0.833. The molecule has 0 radical (unpaired) electrons. The van der Waals surface area contributed by atoms with E-state index in [0.29, 0.717) is 52.4 Å². The number of aliphatic imine (C=N–C) groups is 8. The molecule has 0 aliphatic rings.